The standard InChI is InChI=1S/C8H8INO/c9-8-3-1-7(2-4-8)5-10-6-11/h1-4,6H,5H2,(H,10,11). The van der Waals surface area contributed by atoms with E-state index in [1.807, 2.05) is 24.3 Å². The van der Waals surface area contributed by atoms with Crippen LogP contribution in [-0.2, 0) is 11.3 Å². The predicted molar refractivity (Wildman–Crippen MR) is 52.1 cm³/mol. The summed E-state index contributed by atoms with van der Waals surface area (Å²) in [4.78, 5) is 9.93. The van der Waals surface area contributed by atoms with Gasteiger partial charge in [-0.1, -0.05) is 12.1 Å². The van der Waals surface area contributed by atoms with Gasteiger partial charge in [-0.15, -0.1) is 0 Å². The summed E-state index contributed by atoms with van der Waals surface area (Å²) in [5, 5.41) is 2.60. The average Bonchev–Trinajstić information content (AvgIpc) is 2.04. The first kappa shape index (κ1) is 8.52. The second-order valence-electron chi connectivity index (χ2n) is 2.13. The van der Waals surface area contributed by atoms with Gasteiger partial charge in [0.15, 0.2) is 0 Å². The average molecular weight is 261 g/mol. The number of halogens is 1. The molecule has 1 N–H and O–H groups in total. The Kier molecular flexibility index (Phi) is 3.35. The van der Waals surface area contributed by atoms with Gasteiger partial charge in [0.25, 0.3) is 0 Å². The summed E-state index contributed by atoms with van der Waals surface area (Å²) in [5.41, 5.74) is 1.12. The zero-order valence-corrected chi connectivity index (χ0v) is 8.04. The molecular formula is C8H8INO. The highest BCUT2D eigenvalue weighted by atomic mass is 127. The van der Waals surface area contributed by atoms with Gasteiger partial charge in [0.1, 0.15) is 0 Å². The normalized spacial score (nSPS) is 9.18. The van der Waals surface area contributed by atoms with Gasteiger partial charge >= 0.3 is 0 Å². The molecule has 0 aliphatic carbocycles. The molecule has 58 valence electrons. The van der Waals surface area contributed by atoms with E-state index in [9.17, 15) is 4.79 Å². The Labute approximate surface area is 79.1 Å². The number of carbonyl (C=O) groups excluding carboxylic acids is 1. The van der Waals surface area contributed by atoms with Crippen molar-refractivity contribution in [2.75, 3.05) is 0 Å². The molecule has 0 spiro atoms. The minimum atomic E-state index is 0.612. The number of hydrogen-bond donors (Lipinski definition) is 1. The Morgan fingerprint density at radius 3 is 2.55 bits per heavy atom. The van der Waals surface area contributed by atoms with Crippen molar-refractivity contribution in [1.29, 1.82) is 0 Å². The molecule has 0 fully saturated rings. The first-order chi connectivity index (χ1) is 5.33. The van der Waals surface area contributed by atoms with Gasteiger partial charge in [-0.3, -0.25) is 4.79 Å². The summed E-state index contributed by atoms with van der Waals surface area (Å²) < 4.78 is 1.21. The summed E-state index contributed by atoms with van der Waals surface area (Å²) in [6, 6.07) is 8.03. The van der Waals surface area contributed by atoms with Crippen LogP contribution in [0.25, 0.3) is 0 Å². The second kappa shape index (κ2) is 4.33. The molecule has 11 heavy (non-hydrogen) atoms. The summed E-state index contributed by atoms with van der Waals surface area (Å²) in [6.45, 7) is 0.612. The molecule has 1 amide bonds. The number of hydrogen-bond acceptors (Lipinski definition) is 1. The van der Waals surface area contributed by atoms with Crippen molar-refractivity contribution < 1.29 is 4.79 Å². The molecule has 1 rings (SSSR count). The molecule has 0 atom stereocenters. The lowest BCUT2D eigenvalue weighted by molar-refractivity contribution is -0.109. The van der Waals surface area contributed by atoms with E-state index in [2.05, 4.69) is 27.9 Å². The molecule has 0 aromatic heterocycles. The molecule has 0 unspecified atom stereocenters. The van der Waals surface area contributed by atoms with E-state index in [1.165, 1.54) is 3.57 Å². The number of carbonyl (C=O) groups is 1. The van der Waals surface area contributed by atoms with Gasteiger partial charge < -0.3 is 5.32 Å². The van der Waals surface area contributed by atoms with Gasteiger partial charge in [0, 0.05) is 10.1 Å². The summed E-state index contributed by atoms with van der Waals surface area (Å²) in [6.07, 6.45) is 0.706. The van der Waals surface area contributed by atoms with Crippen LogP contribution in [0.3, 0.4) is 0 Å². The monoisotopic (exact) mass is 261 g/mol. The third kappa shape index (κ3) is 2.88. The summed E-state index contributed by atoms with van der Waals surface area (Å²) in [5.74, 6) is 0. The Morgan fingerprint density at radius 2 is 2.00 bits per heavy atom. The maximum atomic E-state index is 9.93. The zero-order valence-electron chi connectivity index (χ0n) is 5.88. The first-order valence-electron chi connectivity index (χ1n) is 3.24. The fraction of sp³-hybridized carbons (Fsp3) is 0.125. The van der Waals surface area contributed by atoms with Crippen molar-refractivity contribution in [3.63, 3.8) is 0 Å². The van der Waals surface area contributed by atoms with Crippen LogP contribution in [0.15, 0.2) is 24.3 Å². The minimum Gasteiger partial charge on any atom is -0.355 e. The van der Waals surface area contributed by atoms with E-state index in [4.69, 9.17) is 0 Å². The van der Waals surface area contributed by atoms with E-state index in [1.54, 1.807) is 0 Å². The number of rotatable bonds is 3. The molecule has 0 saturated carbocycles. The fourth-order valence-electron chi connectivity index (χ4n) is 0.762. The number of nitrogens with one attached hydrogen (secondary N) is 1. The third-order valence-electron chi connectivity index (χ3n) is 1.30. The highest BCUT2D eigenvalue weighted by Gasteiger charge is 1.89. The molecule has 0 bridgehead atoms. The molecule has 0 aliphatic heterocycles. The molecule has 0 saturated heterocycles. The van der Waals surface area contributed by atoms with Crippen LogP contribution in [0.2, 0.25) is 0 Å². The molecule has 0 radical (unpaired) electrons. The Morgan fingerprint density at radius 1 is 1.36 bits per heavy atom. The molecular weight excluding hydrogens is 253 g/mol. The highest BCUT2D eigenvalue weighted by Crippen LogP contribution is 2.05. The summed E-state index contributed by atoms with van der Waals surface area (Å²) in [7, 11) is 0. The topological polar surface area (TPSA) is 29.1 Å². The molecule has 0 aliphatic rings. The van der Waals surface area contributed by atoms with E-state index >= 15 is 0 Å². The van der Waals surface area contributed by atoms with Crippen LogP contribution in [0, 0.1) is 3.57 Å². The predicted octanol–water partition coefficient (Wildman–Crippen LogP) is 1.54. The zero-order chi connectivity index (χ0) is 8.10. The molecule has 0 heterocycles. The van der Waals surface area contributed by atoms with Crippen molar-refractivity contribution in [3.8, 4) is 0 Å². The largest absolute Gasteiger partial charge is 0.355 e. The number of benzene rings is 1. The third-order valence-corrected chi connectivity index (χ3v) is 2.02. The van der Waals surface area contributed by atoms with Crippen molar-refractivity contribution in [2.24, 2.45) is 0 Å². The Bertz CT molecular complexity index is 232. The van der Waals surface area contributed by atoms with Gasteiger partial charge in [0.2, 0.25) is 6.41 Å². The van der Waals surface area contributed by atoms with Crippen molar-refractivity contribution in [1.82, 2.24) is 5.32 Å². The van der Waals surface area contributed by atoms with Gasteiger partial charge in [0.05, 0.1) is 0 Å². The van der Waals surface area contributed by atoms with E-state index < -0.39 is 0 Å². The van der Waals surface area contributed by atoms with E-state index in [0.29, 0.717) is 13.0 Å². The van der Waals surface area contributed by atoms with Crippen molar-refractivity contribution in [3.05, 3.63) is 33.4 Å². The number of amides is 1. The lowest BCUT2D eigenvalue weighted by atomic mass is 10.2. The maximum Gasteiger partial charge on any atom is 0.207 e. The fourth-order valence-corrected chi connectivity index (χ4v) is 1.12. The SMILES string of the molecule is O=CNCc1ccc(I)cc1. The van der Waals surface area contributed by atoms with Crippen molar-refractivity contribution in [2.45, 2.75) is 6.54 Å². The van der Waals surface area contributed by atoms with Gasteiger partial charge in [-0.2, -0.15) is 0 Å². The Balaban J connectivity index is 2.58. The summed E-state index contributed by atoms with van der Waals surface area (Å²) >= 11 is 2.24. The van der Waals surface area contributed by atoms with Gasteiger partial charge in [-0.05, 0) is 40.3 Å². The molecule has 2 nitrogen and oxygen atoms in total. The minimum absolute atomic E-state index is 0.612. The lowest BCUT2D eigenvalue weighted by Crippen LogP contribution is -2.09. The van der Waals surface area contributed by atoms with Crippen LogP contribution in [0.1, 0.15) is 5.56 Å². The molecule has 3 heteroatoms. The molecule has 1 aromatic carbocycles. The van der Waals surface area contributed by atoms with Crippen LogP contribution in [0.5, 0.6) is 0 Å². The quantitative estimate of drug-likeness (QED) is 0.649. The van der Waals surface area contributed by atoms with Gasteiger partial charge in [-0.25, -0.2) is 0 Å². The Hall–Kier alpha value is -0.580. The maximum absolute atomic E-state index is 9.93. The van der Waals surface area contributed by atoms with E-state index in [0.717, 1.165) is 5.56 Å². The van der Waals surface area contributed by atoms with Crippen molar-refractivity contribution >= 4 is 29.0 Å². The van der Waals surface area contributed by atoms with Crippen LogP contribution >= 0.6 is 22.6 Å². The lowest BCUT2D eigenvalue weighted by Gasteiger charge is -1.98. The molecule has 1 aromatic rings. The van der Waals surface area contributed by atoms with Crippen LogP contribution in [0.4, 0.5) is 0 Å². The first-order valence-corrected chi connectivity index (χ1v) is 4.32. The van der Waals surface area contributed by atoms with E-state index in [-0.39, 0.29) is 0 Å². The van der Waals surface area contributed by atoms with Crippen LogP contribution in [-0.4, -0.2) is 6.41 Å². The highest BCUT2D eigenvalue weighted by molar-refractivity contribution is 14.1. The smallest absolute Gasteiger partial charge is 0.207 e. The second-order valence-corrected chi connectivity index (χ2v) is 3.37. The van der Waals surface area contributed by atoms with Crippen LogP contribution < -0.4 is 5.32 Å².